The van der Waals surface area contributed by atoms with Crippen molar-refractivity contribution in [3.63, 3.8) is 0 Å². The Morgan fingerprint density at radius 3 is 2.69 bits per heavy atom. The summed E-state index contributed by atoms with van der Waals surface area (Å²) < 4.78 is 42.8. The van der Waals surface area contributed by atoms with E-state index in [0.29, 0.717) is 10.7 Å². The monoisotopic (exact) mass is 382 g/mol. The molecule has 0 unspecified atom stereocenters. The van der Waals surface area contributed by atoms with E-state index in [1.165, 1.54) is 12.1 Å². The molecule has 26 heavy (non-hydrogen) atoms. The minimum absolute atomic E-state index is 0.115. The third-order valence-corrected chi connectivity index (χ3v) is 4.34. The van der Waals surface area contributed by atoms with Crippen LogP contribution in [-0.4, -0.2) is 23.3 Å². The summed E-state index contributed by atoms with van der Waals surface area (Å²) in [6, 6.07) is 6.10. The van der Waals surface area contributed by atoms with Gasteiger partial charge in [0.25, 0.3) is 0 Å². The van der Waals surface area contributed by atoms with Gasteiger partial charge in [-0.1, -0.05) is 18.2 Å². The van der Waals surface area contributed by atoms with Crippen molar-refractivity contribution in [2.75, 3.05) is 6.61 Å². The standard InChI is InChI=1S/C17H13F3N2O3S/c1-10-9-26-16(22-10)13(7-21)14(23)8-25-15(24)6-11-3-2-4-12(5-11)17(18,19)20/h2-5,9,13H,6,8H2,1H3/t13-/m0/s1. The Balaban J connectivity index is 1.94. The molecule has 0 amide bonds. The third kappa shape index (κ3) is 5.13. The van der Waals surface area contributed by atoms with Gasteiger partial charge in [-0.25, -0.2) is 4.98 Å². The predicted octanol–water partition coefficient (Wildman–Crippen LogP) is 3.43. The highest BCUT2D eigenvalue weighted by Gasteiger charge is 2.30. The van der Waals surface area contributed by atoms with Gasteiger partial charge in [0.1, 0.15) is 5.01 Å². The molecule has 0 saturated carbocycles. The first-order valence-corrected chi connectivity index (χ1v) is 8.25. The molecule has 136 valence electrons. The molecule has 9 heteroatoms. The molecule has 5 nitrogen and oxygen atoms in total. The molecule has 0 saturated heterocycles. The first-order valence-electron chi connectivity index (χ1n) is 7.37. The van der Waals surface area contributed by atoms with Gasteiger partial charge in [-0.15, -0.1) is 11.3 Å². The van der Waals surface area contributed by atoms with E-state index >= 15 is 0 Å². The van der Waals surface area contributed by atoms with Gasteiger partial charge in [-0.2, -0.15) is 18.4 Å². The maximum Gasteiger partial charge on any atom is 0.416 e. The van der Waals surface area contributed by atoms with Crippen LogP contribution < -0.4 is 0 Å². The second-order valence-electron chi connectivity index (χ2n) is 5.39. The normalized spacial score (nSPS) is 12.3. The molecular formula is C17H13F3N2O3S. The molecule has 0 aliphatic carbocycles. The summed E-state index contributed by atoms with van der Waals surface area (Å²) in [5, 5.41) is 11.1. The lowest BCUT2D eigenvalue weighted by Crippen LogP contribution is -2.20. The minimum Gasteiger partial charge on any atom is -0.457 e. The van der Waals surface area contributed by atoms with Crippen LogP contribution in [0.15, 0.2) is 29.6 Å². The molecular weight excluding hydrogens is 369 g/mol. The lowest BCUT2D eigenvalue weighted by molar-refractivity contribution is -0.147. The lowest BCUT2D eigenvalue weighted by atomic mass is 10.1. The Bertz CT molecular complexity index is 855. The number of carbonyl (C=O) groups excluding carboxylic acids is 2. The van der Waals surface area contributed by atoms with Crippen LogP contribution in [0.4, 0.5) is 13.2 Å². The van der Waals surface area contributed by atoms with Crippen LogP contribution in [0.1, 0.15) is 27.7 Å². The number of ether oxygens (including phenoxy) is 1. The molecule has 1 aromatic carbocycles. The molecule has 0 spiro atoms. The number of nitriles is 1. The molecule has 1 atom stereocenters. The van der Waals surface area contributed by atoms with Crippen molar-refractivity contribution in [3.8, 4) is 6.07 Å². The van der Waals surface area contributed by atoms with E-state index in [2.05, 4.69) is 4.98 Å². The van der Waals surface area contributed by atoms with Gasteiger partial charge in [0.15, 0.2) is 18.3 Å². The predicted molar refractivity (Wildman–Crippen MR) is 86.3 cm³/mol. The molecule has 0 aliphatic rings. The maximum absolute atomic E-state index is 12.7. The number of hydrogen-bond donors (Lipinski definition) is 0. The largest absolute Gasteiger partial charge is 0.457 e. The molecule has 1 aromatic heterocycles. The summed E-state index contributed by atoms with van der Waals surface area (Å²) in [7, 11) is 0. The van der Waals surface area contributed by atoms with E-state index in [-0.39, 0.29) is 5.56 Å². The van der Waals surface area contributed by atoms with Crippen molar-refractivity contribution >= 4 is 23.1 Å². The summed E-state index contributed by atoms with van der Waals surface area (Å²) in [6.45, 7) is 1.07. The Morgan fingerprint density at radius 1 is 1.38 bits per heavy atom. The van der Waals surface area contributed by atoms with Gasteiger partial charge in [-0.05, 0) is 18.6 Å². The highest BCUT2D eigenvalue weighted by atomic mass is 32.1. The molecule has 2 rings (SSSR count). The van der Waals surface area contributed by atoms with Crippen LogP contribution in [-0.2, 0) is 26.9 Å². The van der Waals surface area contributed by atoms with Crippen LogP contribution in [0.3, 0.4) is 0 Å². The highest BCUT2D eigenvalue weighted by molar-refractivity contribution is 7.09. The zero-order chi connectivity index (χ0) is 19.3. The van der Waals surface area contributed by atoms with E-state index in [4.69, 9.17) is 10.00 Å². The smallest absolute Gasteiger partial charge is 0.416 e. The summed E-state index contributed by atoms with van der Waals surface area (Å²) in [6.07, 6.45) is -4.92. The van der Waals surface area contributed by atoms with Gasteiger partial charge in [0.05, 0.1) is 18.1 Å². The van der Waals surface area contributed by atoms with Crippen LogP contribution >= 0.6 is 11.3 Å². The maximum atomic E-state index is 12.7. The van der Waals surface area contributed by atoms with Crippen molar-refractivity contribution in [1.82, 2.24) is 4.98 Å². The van der Waals surface area contributed by atoms with Gasteiger partial charge in [0, 0.05) is 11.1 Å². The van der Waals surface area contributed by atoms with Gasteiger partial charge >= 0.3 is 12.1 Å². The van der Waals surface area contributed by atoms with Crippen molar-refractivity contribution in [1.29, 1.82) is 5.26 Å². The zero-order valence-electron chi connectivity index (χ0n) is 13.5. The van der Waals surface area contributed by atoms with Gasteiger partial charge in [0.2, 0.25) is 0 Å². The number of aromatic nitrogens is 1. The van der Waals surface area contributed by atoms with Crippen LogP contribution in [0.5, 0.6) is 0 Å². The second kappa shape index (κ2) is 8.10. The number of esters is 1. The summed E-state index contributed by atoms with van der Waals surface area (Å²) >= 11 is 1.15. The quantitative estimate of drug-likeness (QED) is 0.715. The highest BCUT2D eigenvalue weighted by Crippen LogP contribution is 2.29. The van der Waals surface area contributed by atoms with Gasteiger partial charge in [-0.3, -0.25) is 9.59 Å². The van der Waals surface area contributed by atoms with Gasteiger partial charge < -0.3 is 4.74 Å². The fraction of sp³-hybridized carbons (Fsp3) is 0.294. The molecule has 0 radical (unpaired) electrons. The SMILES string of the molecule is Cc1csc([C@@H](C#N)C(=O)COC(=O)Cc2cccc(C(F)(F)F)c2)n1. The summed E-state index contributed by atoms with van der Waals surface area (Å²) in [5.41, 5.74) is -0.0909. The van der Waals surface area contributed by atoms with Crippen molar-refractivity contribution in [3.05, 3.63) is 51.5 Å². The fourth-order valence-electron chi connectivity index (χ4n) is 2.08. The molecule has 0 fully saturated rings. The molecule has 1 heterocycles. The lowest BCUT2D eigenvalue weighted by Gasteiger charge is -2.09. The van der Waals surface area contributed by atoms with Crippen LogP contribution in [0.2, 0.25) is 0 Å². The fourth-order valence-corrected chi connectivity index (χ4v) is 2.94. The second-order valence-corrected chi connectivity index (χ2v) is 6.28. The number of alkyl halides is 3. The third-order valence-electron chi connectivity index (χ3n) is 3.31. The summed E-state index contributed by atoms with van der Waals surface area (Å²) in [5.74, 6) is -2.64. The number of hydrogen-bond acceptors (Lipinski definition) is 6. The molecule has 0 bridgehead atoms. The van der Waals surface area contributed by atoms with Crippen molar-refractivity contribution < 1.29 is 27.5 Å². The number of thiazole rings is 1. The van der Waals surface area contributed by atoms with Crippen LogP contribution in [0.25, 0.3) is 0 Å². The number of aryl methyl sites for hydroxylation is 1. The first kappa shape index (κ1) is 19.6. The molecule has 0 N–H and O–H groups in total. The first-order chi connectivity index (χ1) is 12.2. The average molecular weight is 382 g/mol. The number of nitrogens with zero attached hydrogens (tertiary/aromatic N) is 2. The van der Waals surface area contributed by atoms with E-state index in [1.807, 2.05) is 6.07 Å². The van der Waals surface area contributed by atoms with Crippen molar-refractivity contribution in [2.24, 2.45) is 0 Å². The molecule has 2 aromatic rings. The number of rotatable bonds is 6. The Kier molecular flexibility index (Phi) is 6.10. The van der Waals surface area contributed by atoms with Crippen molar-refractivity contribution in [2.45, 2.75) is 25.4 Å². The van der Waals surface area contributed by atoms with E-state index in [9.17, 15) is 22.8 Å². The topological polar surface area (TPSA) is 80.0 Å². The zero-order valence-corrected chi connectivity index (χ0v) is 14.4. The Hall–Kier alpha value is -2.73. The number of ketones is 1. The Morgan fingerprint density at radius 2 is 2.12 bits per heavy atom. The number of Topliss-reactive ketones (excluding diaryl/α,β-unsaturated/α-hetero) is 1. The number of carbonyl (C=O) groups is 2. The van der Waals surface area contributed by atoms with E-state index < -0.39 is 42.4 Å². The van der Waals surface area contributed by atoms with E-state index in [1.54, 1.807) is 12.3 Å². The average Bonchev–Trinajstić information content (AvgIpc) is 2.99. The summed E-state index contributed by atoms with van der Waals surface area (Å²) in [4.78, 5) is 27.9. The Labute approximate surface area is 151 Å². The minimum atomic E-state index is -4.51. The van der Waals surface area contributed by atoms with Crippen LogP contribution in [0, 0.1) is 18.3 Å². The molecule has 0 aliphatic heterocycles. The number of halogens is 3. The number of benzene rings is 1. The van der Waals surface area contributed by atoms with E-state index in [0.717, 1.165) is 23.5 Å².